The molecule has 34 heavy (non-hydrogen) atoms. The number of allylic oxidation sites excluding steroid dienone is 3. The Kier molecular flexibility index (Phi) is 6.16. The maximum absolute atomic E-state index is 13.7. The third-order valence-corrected chi connectivity index (χ3v) is 7.44. The van der Waals surface area contributed by atoms with Gasteiger partial charge in [0.25, 0.3) is 0 Å². The summed E-state index contributed by atoms with van der Waals surface area (Å²) in [5.41, 5.74) is 4.04. The lowest BCUT2D eigenvalue weighted by Gasteiger charge is -2.36. The van der Waals surface area contributed by atoms with Crippen LogP contribution in [-0.4, -0.2) is 11.8 Å². The van der Waals surface area contributed by atoms with Crippen LogP contribution in [0, 0.1) is 5.82 Å². The first-order valence-corrected chi connectivity index (χ1v) is 12.1. The summed E-state index contributed by atoms with van der Waals surface area (Å²) in [4.78, 5) is 28.0. The molecule has 1 aromatic heterocycles. The molecule has 0 saturated heterocycles. The van der Waals surface area contributed by atoms with Crippen LogP contribution in [-0.2, 0) is 20.9 Å². The Morgan fingerprint density at radius 2 is 1.82 bits per heavy atom. The second-order valence-electron chi connectivity index (χ2n) is 8.65. The summed E-state index contributed by atoms with van der Waals surface area (Å²) < 4.78 is 19.4. The zero-order valence-corrected chi connectivity index (χ0v) is 19.5. The van der Waals surface area contributed by atoms with Gasteiger partial charge >= 0.3 is 5.97 Å². The molecule has 0 fully saturated rings. The zero-order chi connectivity index (χ0) is 23.7. The van der Waals surface area contributed by atoms with Gasteiger partial charge in [0.2, 0.25) is 0 Å². The zero-order valence-electron chi connectivity index (χ0n) is 18.7. The number of Topliss-reactive ketones (excluding diaryl/α,β-unsaturated/α-hetero) is 1. The lowest BCUT2D eigenvalue weighted by Crippen LogP contribution is -2.36. The summed E-state index contributed by atoms with van der Waals surface area (Å²) in [6, 6.07) is 19.5. The molecule has 4 nitrogen and oxygen atoms in total. The Bertz CT molecular complexity index is 1280. The predicted octanol–water partition coefficient (Wildman–Crippen LogP) is 5.99. The van der Waals surface area contributed by atoms with Gasteiger partial charge in [0.05, 0.1) is 5.57 Å². The minimum absolute atomic E-state index is 0.00216. The first kappa shape index (κ1) is 22.3. The Balaban J connectivity index is 1.51. The number of hydrogen-bond donors (Lipinski definition) is 1. The van der Waals surface area contributed by atoms with Gasteiger partial charge in [-0.1, -0.05) is 48.5 Å². The maximum Gasteiger partial charge on any atom is 0.337 e. The molecule has 2 unspecified atom stereocenters. The van der Waals surface area contributed by atoms with Crippen molar-refractivity contribution < 1.29 is 18.7 Å². The van der Waals surface area contributed by atoms with E-state index in [0.717, 1.165) is 11.3 Å². The number of carbonyl (C=O) groups is 2. The van der Waals surface area contributed by atoms with E-state index in [1.54, 1.807) is 23.5 Å². The molecule has 0 spiro atoms. The molecule has 2 aromatic carbocycles. The molecule has 1 aliphatic heterocycles. The number of nitrogens with one attached hydrogen (secondary N) is 1. The van der Waals surface area contributed by atoms with E-state index in [-0.39, 0.29) is 24.1 Å². The van der Waals surface area contributed by atoms with E-state index in [1.165, 1.54) is 17.0 Å². The van der Waals surface area contributed by atoms with Crippen LogP contribution < -0.4 is 5.32 Å². The summed E-state index contributed by atoms with van der Waals surface area (Å²) in [5.74, 6) is -1.34. The lowest BCUT2D eigenvalue weighted by molar-refractivity contribution is -0.140. The standard InChI is InChI=1S/C28H24FNO3S/c1-17-25(28(32)33-16-18-6-3-2-4-7-18)26(19-9-11-21(29)12-10-19)27-22(30-17)14-20(15-23(27)31)24-8-5-13-34-24/h2-13,20,26,30H,14-16H2,1H3. The Morgan fingerprint density at radius 1 is 1.06 bits per heavy atom. The van der Waals surface area contributed by atoms with E-state index >= 15 is 0 Å². The van der Waals surface area contributed by atoms with E-state index in [2.05, 4.69) is 11.4 Å². The van der Waals surface area contributed by atoms with Gasteiger partial charge in [0, 0.05) is 40.1 Å². The fraction of sp³-hybridized carbons (Fsp3) is 0.214. The quantitative estimate of drug-likeness (QED) is 0.463. The molecule has 172 valence electrons. The second-order valence-corrected chi connectivity index (χ2v) is 9.63. The Labute approximate surface area is 201 Å². The van der Waals surface area contributed by atoms with Crippen LogP contribution in [0.2, 0.25) is 0 Å². The first-order valence-electron chi connectivity index (χ1n) is 11.2. The molecule has 2 aliphatic rings. The normalized spacial score (nSPS) is 20.1. The molecule has 1 aliphatic carbocycles. The summed E-state index contributed by atoms with van der Waals surface area (Å²) in [7, 11) is 0. The average molecular weight is 474 g/mol. The lowest BCUT2D eigenvalue weighted by atomic mass is 9.72. The number of thiophene rings is 1. The minimum Gasteiger partial charge on any atom is -0.457 e. The largest absolute Gasteiger partial charge is 0.457 e. The molecule has 0 saturated carbocycles. The molecule has 0 amide bonds. The summed E-state index contributed by atoms with van der Waals surface area (Å²) >= 11 is 1.65. The molecule has 5 rings (SSSR count). The number of dihydropyridines is 1. The highest BCUT2D eigenvalue weighted by atomic mass is 32.1. The molecule has 2 heterocycles. The van der Waals surface area contributed by atoms with Crippen molar-refractivity contribution in [2.24, 2.45) is 0 Å². The van der Waals surface area contributed by atoms with Gasteiger partial charge in [-0.3, -0.25) is 4.79 Å². The highest BCUT2D eigenvalue weighted by Crippen LogP contribution is 2.46. The van der Waals surface area contributed by atoms with E-state index in [0.29, 0.717) is 35.2 Å². The van der Waals surface area contributed by atoms with Crippen LogP contribution in [0.3, 0.4) is 0 Å². The molecule has 0 radical (unpaired) electrons. The van der Waals surface area contributed by atoms with E-state index in [9.17, 15) is 14.0 Å². The van der Waals surface area contributed by atoms with Crippen molar-refractivity contribution in [1.29, 1.82) is 0 Å². The molecule has 1 N–H and O–H groups in total. The first-order chi connectivity index (χ1) is 16.5. The number of rotatable bonds is 5. The molecular formula is C28H24FNO3S. The molecule has 2 atom stereocenters. The summed E-state index contributed by atoms with van der Waals surface area (Å²) in [6.07, 6.45) is 1.06. The summed E-state index contributed by atoms with van der Waals surface area (Å²) in [5, 5.41) is 5.37. The smallest absolute Gasteiger partial charge is 0.337 e. The highest BCUT2D eigenvalue weighted by molar-refractivity contribution is 7.10. The van der Waals surface area contributed by atoms with Crippen molar-refractivity contribution in [2.75, 3.05) is 0 Å². The molecular weight excluding hydrogens is 449 g/mol. The van der Waals surface area contributed by atoms with Crippen molar-refractivity contribution in [3.8, 4) is 0 Å². The van der Waals surface area contributed by atoms with Gasteiger partial charge in [-0.2, -0.15) is 0 Å². The third kappa shape index (κ3) is 4.33. The monoisotopic (exact) mass is 473 g/mol. The van der Waals surface area contributed by atoms with E-state index in [4.69, 9.17) is 4.74 Å². The molecule has 0 bridgehead atoms. The van der Waals surface area contributed by atoms with Crippen LogP contribution in [0.4, 0.5) is 4.39 Å². The number of ether oxygens (including phenoxy) is 1. The Morgan fingerprint density at radius 3 is 2.53 bits per heavy atom. The number of benzene rings is 2. The van der Waals surface area contributed by atoms with Gasteiger partial charge in [-0.25, -0.2) is 9.18 Å². The van der Waals surface area contributed by atoms with Gasteiger partial charge < -0.3 is 10.1 Å². The maximum atomic E-state index is 13.7. The van der Waals surface area contributed by atoms with Gasteiger partial charge in [-0.05, 0) is 48.1 Å². The number of carbonyl (C=O) groups excluding carboxylic acids is 2. The van der Waals surface area contributed by atoms with Gasteiger partial charge in [0.1, 0.15) is 12.4 Å². The van der Waals surface area contributed by atoms with Gasteiger partial charge in [0.15, 0.2) is 5.78 Å². The fourth-order valence-electron chi connectivity index (χ4n) is 4.82. The topological polar surface area (TPSA) is 55.4 Å². The second kappa shape index (κ2) is 9.39. The van der Waals surface area contributed by atoms with Crippen LogP contribution in [0.5, 0.6) is 0 Å². The van der Waals surface area contributed by atoms with Gasteiger partial charge in [-0.15, -0.1) is 11.3 Å². The predicted molar refractivity (Wildman–Crippen MR) is 130 cm³/mol. The van der Waals surface area contributed by atoms with E-state index < -0.39 is 11.9 Å². The highest BCUT2D eigenvalue weighted by Gasteiger charge is 2.41. The van der Waals surface area contributed by atoms with Crippen molar-refractivity contribution in [2.45, 2.75) is 38.2 Å². The summed E-state index contributed by atoms with van der Waals surface area (Å²) in [6.45, 7) is 1.96. The van der Waals surface area contributed by atoms with E-state index in [1.807, 2.05) is 48.7 Å². The van der Waals surface area contributed by atoms with Crippen molar-refractivity contribution in [3.63, 3.8) is 0 Å². The third-order valence-electron chi connectivity index (χ3n) is 6.41. The fourth-order valence-corrected chi connectivity index (χ4v) is 5.65. The minimum atomic E-state index is -0.600. The van der Waals surface area contributed by atoms with Crippen LogP contribution in [0.15, 0.2) is 94.7 Å². The average Bonchev–Trinajstić information content (AvgIpc) is 3.38. The molecule has 6 heteroatoms. The van der Waals surface area contributed by atoms with Crippen LogP contribution in [0.1, 0.15) is 47.6 Å². The number of halogens is 1. The number of ketones is 1. The number of hydrogen-bond acceptors (Lipinski definition) is 5. The SMILES string of the molecule is CC1=C(C(=O)OCc2ccccc2)C(c2ccc(F)cc2)C2=C(CC(c3cccs3)CC2=O)N1. The van der Waals surface area contributed by atoms with Crippen LogP contribution in [0.25, 0.3) is 0 Å². The molecule has 3 aromatic rings. The van der Waals surface area contributed by atoms with Crippen molar-refractivity contribution >= 4 is 23.1 Å². The number of esters is 1. The Hall–Kier alpha value is -3.51. The van der Waals surface area contributed by atoms with Crippen molar-refractivity contribution in [1.82, 2.24) is 5.32 Å². The van der Waals surface area contributed by atoms with Crippen molar-refractivity contribution in [3.05, 3.63) is 116 Å². The van der Waals surface area contributed by atoms with Crippen LogP contribution >= 0.6 is 11.3 Å².